The fraction of sp³-hybridized carbons (Fsp3) is 0.100. The minimum atomic E-state index is -0.462. The van der Waals surface area contributed by atoms with Gasteiger partial charge in [0.25, 0.3) is 5.69 Å². The van der Waals surface area contributed by atoms with Crippen LogP contribution in [0.15, 0.2) is 71.8 Å². The number of hydrogen-bond acceptors (Lipinski definition) is 4. The molecule has 0 unspecified atom stereocenters. The van der Waals surface area contributed by atoms with Gasteiger partial charge in [-0.25, -0.2) is 5.43 Å². The molecule has 6 nitrogen and oxygen atoms in total. The zero-order valence-electron chi connectivity index (χ0n) is 14.2. The average molecular weight is 347 g/mol. The van der Waals surface area contributed by atoms with Crippen LogP contribution in [0.25, 0.3) is 10.8 Å². The largest absolute Gasteiger partial charge is 0.273 e. The Kier molecular flexibility index (Phi) is 5.03. The molecule has 1 N–H and O–H groups in total. The third-order valence-electron chi connectivity index (χ3n) is 4.05. The number of nitro groups is 1. The van der Waals surface area contributed by atoms with Crippen molar-refractivity contribution < 1.29 is 9.72 Å². The third kappa shape index (κ3) is 3.92. The summed E-state index contributed by atoms with van der Waals surface area (Å²) in [7, 11) is 0. The number of nitro benzene ring substituents is 1. The summed E-state index contributed by atoms with van der Waals surface area (Å²) in [5, 5.41) is 17.0. The highest BCUT2D eigenvalue weighted by atomic mass is 16.6. The Morgan fingerprint density at radius 3 is 2.62 bits per heavy atom. The molecule has 6 heteroatoms. The zero-order chi connectivity index (χ0) is 18.5. The number of nitrogens with zero attached hydrogens (tertiary/aromatic N) is 2. The van der Waals surface area contributed by atoms with Gasteiger partial charge in [-0.1, -0.05) is 54.6 Å². The maximum absolute atomic E-state index is 12.2. The molecule has 0 radical (unpaired) electrons. The Hall–Kier alpha value is -3.54. The molecule has 130 valence electrons. The van der Waals surface area contributed by atoms with Crippen molar-refractivity contribution in [3.63, 3.8) is 0 Å². The van der Waals surface area contributed by atoms with Gasteiger partial charge in [-0.2, -0.15) is 5.10 Å². The van der Waals surface area contributed by atoms with E-state index in [1.165, 1.54) is 12.1 Å². The highest BCUT2D eigenvalue weighted by molar-refractivity contribution is 6.00. The highest BCUT2D eigenvalue weighted by Gasteiger charge is 2.09. The van der Waals surface area contributed by atoms with Crippen molar-refractivity contribution in [2.75, 3.05) is 0 Å². The van der Waals surface area contributed by atoms with Crippen LogP contribution in [0.2, 0.25) is 0 Å². The Morgan fingerprint density at radius 2 is 1.81 bits per heavy atom. The predicted molar refractivity (Wildman–Crippen MR) is 101 cm³/mol. The number of hydrogen-bond donors (Lipinski definition) is 1. The van der Waals surface area contributed by atoms with E-state index in [2.05, 4.69) is 10.5 Å². The summed E-state index contributed by atoms with van der Waals surface area (Å²) in [5.74, 6) is -0.244. The van der Waals surface area contributed by atoms with Crippen LogP contribution in [0.5, 0.6) is 0 Å². The van der Waals surface area contributed by atoms with Crippen LogP contribution in [0, 0.1) is 10.1 Å². The van der Waals surface area contributed by atoms with Crippen molar-refractivity contribution in [3.05, 3.63) is 88.0 Å². The Labute approximate surface area is 150 Å². The van der Waals surface area contributed by atoms with E-state index in [-0.39, 0.29) is 18.0 Å². The van der Waals surface area contributed by atoms with Gasteiger partial charge in [-0.05, 0) is 23.3 Å². The highest BCUT2D eigenvalue weighted by Crippen LogP contribution is 2.19. The molecule has 26 heavy (non-hydrogen) atoms. The average Bonchev–Trinajstić information content (AvgIpc) is 2.66. The second-order valence-corrected chi connectivity index (χ2v) is 5.85. The first-order valence-corrected chi connectivity index (χ1v) is 8.09. The molecule has 3 aromatic rings. The number of non-ortho nitro benzene ring substituents is 1. The number of carbonyl (C=O) groups excluding carboxylic acids is 1. The molecule has 3 aromatic carbocycles. The maximum Gasteiger partial charge on any atom is 0.270 e. The first kappa shape index (κ1) is 17.3. The first-order chi connectivity index (χ1) is 12.5. The molecule has 0 aromatic heterocycles. The Balaban J connectivity index is 1.72. The molecule has 0 atom stereocenters. The number of nitrogens with one attached hydrogen (secondary N) is 1. The van der Waals surface area contributed by atoms with Crippen LogP contribution in [0.1, 0.15) is 18.1 Å². The molecule has 0 saturated heterocycles. The van der Waals surface area contributed by atoms with E-state index in [4.69, 9.17) is 0 Å². The van der Waals surface area contributed by atoms with Crippen molar-refractivity contribution in [2.45, 2.75) is 13.3 Å². The van der Waals surface area contributed by atoms with Crippen LogP contribution in [0.4, 0.5) is 5.69 Å². The van der Waals surface area contributed by atoms with E-state index in [9.17, 15) is 14.9 Å². The number of fused-ring (bicyclic) bond motifs is 1. The lowest BCUT2D eigenvalue weighted by molar-refractivity contribution is -0.384. The van der Waals surface area contributed by atoms with E-state index in [0.717, 1.165) is 16.3 Å². The Bertz CT molecular complexity index is 1010. The lowest BCUT2D eigenvalue weighted by Crippen LogP contribution is -2.21. The van der Waals surface area contributed by atoms with Crippen LogP contribution < -0.4 is 5.43 Å². The van der Waals surface area contributed by atoms with Crippen molar-refractivity contribution in [1.29, 1.82) is 0 Å². The summed E-state index contributed by atoms with van der Waals surface area (Å²) in [4.78, 5) is 22.6. The summed E-state index contributed by atoms with van der Waals surface area (Å²) >= 11 is 0. The number of benzene rings is 3. The van der Waals surface area contributed by atoms with Gasteiger partial charge in [0.05, 0.1) is 17.1 Å². The van der Waals surface area contributed by atoms with Crippen molar-refractivity contribution in [3.8, 4) is 0 Å². The molecule has 0 bridgehead atoms. The molecule has 0 heterocycles. The summed E-state index contributed by atoms with van der Waals surface area (Å²) in [6.07, 6.45) is 0.201. The van der Waals surface area contributed by atoms with E-state index < -0.39 is 4.92 Å². The maximum atomic E-state index is 12.2. The number of amides is 1. The minimum absolute atomic E-state index is 0.0147. The van der Waals surface area contributed by atoms with Crippen LogP contribution in [0.3, 0.4) is 0 Å². The van der Waals surface area contributed by atoms with Gasteiger partial charge in [0.15, 0.2) is 0 Å². The normalized spacial score (nSPS) is 11.3. The fourth-order valence-electron chi connectivity index (χ4n) is 2.71. The molecule has 0 aliphatic carbocycles. The number of carbonyl (C=O) groups is 1. The van der Waals surface area contributed by atoms with Gasteiger partial charge in [0.1, 0.15) is 0 Å². The minimum Gasteiger partial charge on any atom is -0.273 e. The van der Waals surface area contributed by atoms with E-state index in [1.807, 2.05) is 42.5 Å². The fourth-order valence-corrected chi connectivity index (χ4v) is 2.71. The summed E-state index contributed by atoms with van der Waals surface area (Å²) < 4.78 is 0. The summed E-state index contributed by atoms with van der Waals surface area (Å²) in [6, 6.07) is 19.9. The molecule has 3 rings (SSSR count). The van der Waals surface area contributed by atoms with Crippen LogP contribution in [-0.2, 0) is 11.2 Å². The quantitative estimate of drug-likeness (QED) is 0.432. The van der Waals surface area contributed by atoms with Crippen molar-refractivity contribution in [2.24, 2.45) is 5.10 Å². The summed E-state index contributed by atoms with van der Waals surface area (Å²) in [6.45, 7) is 1.69. The van der Waals surface area contributed by atoms with Crippen molar-refractivity contribution in [1.82, 2.24) is 5.43 Å². The van der Waals surface area contributed by atoms with Crippen LogP contribution in [-0.4, -0.2) is 16.5 Å². The lowest BCUT2D eigenvalue weighted by Gasteiger charge is -2.06. The van der Waals surface area contributed by atoms with Crippen molar-refractivity contribution >= 4 is 28.1 Å². The SMILES string of the molecule is C/C(=N\NC(=O)Cc1cccc2ccccc12)c1cccc([N+](=O)[O-])c1. The predicted octanol–water partition coefficient (Wildman–Crippen LogP) is 3.83. The van der Waals surface area contributed by atoms with Gasteiger partial charge >= 0.3 is 0 Å². The molecule has 0 aliphatic rings. The number of rotatable bonds is 5. The van der Waals surface area contributed by atoms with Gasteiger partial charge in [0.2, 0.25) is 5.91 Å². The van der Waals surface area contributed by atoms with Gasteiger partial charge < -0.3 is 0 Å². The van der Waals surface area contributed by atoms with E-state index >= 15 is 0 Å². The smallest absolute Gasteiger partial charge is 0.270 e. The molecule has 0 saturated carbocycles. The van der Waals surface area contributed by atoms with E-state index in [0.29, 0.717) is 11.3 Å². The second-order valence-electron chi connectivity index (χ2n) is 5.85. The number of hydrazone groups is 1. The zero-order valence-corrected chi connectivity index (χ0v) is 14.2. The van der Waals surface area contributed by atoms with Gasteiger partial charge in [-0.3, -0.25) is 14.9 Å². The molecular formula is C20H17N3O3. The molecule has 0 fully saturated rings. The molecule has 0 aliphatic heterocycles. The topological polar surface area (TPSA) is 84.6 Å². The molecule has 1 amide bonds. The lowest BCUT2D eigenvalue weighted by atomic mass is 10.0. The standard InChI is InChI=1S/C20H17N3O3/c1-14(16-8-5-10-18(12-16)23(25)26)21-22-20(24)13-17-9-4-7-15-6-2-3-11-19(15)17/h2-12H,13H2,1H3,(H,22,24)/b21-14+. The monoisotopic (exact) mass is 347 g/mol. The van der Waals surface area contributed by atoms with Crippen LogP contribution >= 0.6 is 0 Å². The second kappa shape index (κ2) is 7.57. The third-order valence-corrected chi connectivity index (χ3v) is 4.05. The summed E-state index contributed by atoms with van der Waals surface area (Å²) in [5.41, 5.74) is 4.52. The first-order valence-electron chi connectivity index (χ1n) is 8.09. The van der Waals surface area contributed by atoms with Gasteiger partial charge in [0, 0.05) is 17.7 Å². The van der Waals surface area contributed by atoms with Gasteiger partial charge in [-0.15, -0.1) is 0 Å². The molecular weight excluding hydrogens is 330 g/mol. The Morgan fingerprint density at radius 1 is 1.08 bits per heavy atom. The van der Waals surface area contributed by atoms with E-state index in [1.54, 1.807) is 19.1 Å². The molecule has 0 spiro atoms.